The van der Waals surface area contributed by atoms with E-state index in [0.29, 0.717) is 18.0 Å². The van der Waals surface area contributed by atoms with Crippen LogP contribution in [0, 0.1) is 5.82 Å². The highest BCUT2D eigenvalue weighted by Crippen LogP contribution is 2.47. The van der Waals surface area contributed by atoms with Crippen LogP contribution in [0.15, 0.2) is 29.6 Å². The summed E-state index contributed by atoms with van der Waals surface area (Å²) in [6.45, 7) is 0.815. The molecule has 7 heteroatoms. The number of nitrogens with zero attached hydrogens (tertiary/aromatic N) is 1. The summed E-state index contributed by atoms with van der Waals surface area (Å²) in [7, 11) is 3.83. The van der Waals surface area contributed by atoms with Crippen LogP contribution in [0.25, 0.3) is 0 Å². The maximum Gasteiger partial charge on any atom is 0.221 e. The van der Waals surface area contributed by atoms with Crippen molar-refractivity contribution >= 4 is 29.1 Å². The lowest BCUT2D eigenvalue weighted by atomic mass is 10.0. The van der Waals surface area contributed by atoms with Crippen molar-refractivity contribution in [3.05, 3.63) is 45.9 Å². The Morgan fingerprint density at radius 1 is 1.42 bits per heavy atom. The van der Waals surface area contributed by atoms with Crippen molar-refractivity contribution < 1.29 is 9.18 Å². The summed E-state index contributed by atoms with van der Waals surface area (Å²) in [6.07, 6.45) is 2.84. The van der Waals surface area contributed by atoms with Crippen molar-refractivity contribution in [3.63, 3.8) is 0 Å². The number of thiophene rings is 1. The Morgan fingerprint density at radius 3 is 2.62 bits per heavy atom. The van der Waals surface area contributed by atoms with Crippen molar-refractivity contribution in [2.24, 2.45) is 5.84 Å². The molecule has 1 heterocycles. The molecule has 1 saturated carbocycles. The first-order chi connectivity index (χ1) is 11.6. The van der Waals surface area contributed by atoms with Crippen LogP contribution in [0.4, 0.5) is 15.8 Å². The fourth-order valence-electron chi connectivity index (χ4n) is 2.67. The summed E-state index contributed by atoms with van der Waals surface area (Å²) in [4.78, 5) is 12.4. The van der Waals surface area contributed by atoms with Crippen LogP contribution in [0.5, 0.6) is 0 Å². The Balaban J connectivity index is 0.000000471. The van der Waals surface area contributed by atoms with Crippen LogP contribution >= 0.6 is 11.3 Å². The van der Waals surface area contributed by atoms with Crippen LogP contribution in [0.1, 0.15) is 29.2 Å². The normalized spacial score (nSPS) is 12.8. The second-order valence-electron chi connectivity index (χ2n) is 5.60. The fraction of sp³-hybridized carbons (Fsp3) is 0.353. The number of benzene rings is 1. The Hall–Kier alpha value is -2.12. The molecule has 24 heavy (non-hydrogen) atoms. The Kier molecular flexibility index (Phi) is 6.57. The number of nitrogens with two attached hydrogens (primary N) is 1. The molecule has 0 bridgehead atoms. The minimum Gasteiger partial charge on any atom is -0.384 e. The summed E-state index contributed by atoms with van der Waals surface area (Å²) in [5.41, 5.74) is 4.66. The lowest BCUT2D eigenvalue weighted by Crippen LogP contribution is -2.19. The monoisotopic (exact) mass is 350 g/mol. The number of hydrogen-bond acceptors (Lipinski definition) is 5. The number of nitrogens with one attached hydrogen (secondary N) is 2. The summed E-state index contributed by atoms with van der Waals surface area (Å²) >= 11 is 1.74. The maximum atomic E-state index is 14.1. The van der Waals surface area contributed by atoms with E-state index in [1.807, 2.05) is 13.1 Å². The average molecular weight is 350 g/mol. The fourth-order valence-corrected chi connectivity index (χ4v) is 3.43. The Bertz CT molecular complexity index is 659. The zero-order valence-electron chi connectivity index (χ0n) is 13.9. The molecule has 130 valence electrons. The first kappa shape index (κ1) is 18.2. The molecule has 1 aromatic carbocycles. The third kappa shape index (κ3) is 4.46. The van der Waals surface area contributed by atoms with E-state index in [4.69, 9.17) is 4.79 Å². The lowest BCUT2D eigenvalue weighted by Gasteiger charge is -2.25. The second-order valence-corrected chi connectivity index (χ2v) is 6.64. The van der Waals surface area contributed by atoms with Gasteiger partial charge in [0.25, 0.3) is 0 Å². The van der Waals surface area contributed by atoms with Crippen molar-refractivity contribution in [1.82, 2.24) is 5.43 Å². The van der Waals surface area contributed by atoms with E-state index in [1.165, 1.54) is 23.3 Å². The largest absolute Gasteiger partial charge is 0.384 e. The first-order valence-corrected chi connectivity index (χ1v) is 8.63. The lowest BCUT2D eigenvalue weighted by molar-refractivity contribution is -0.109. The van der Waals surface area contributed by atoms with Gasteiger partial charge in [-0.15, -0.1) is 11.3 Å². The van der Waals surface area contributed by atoms with Gasteiger partial charge in [-0.05, 0) is 41.8 Å². The average Bonchev–Trinajstić information content (AvgIpc) is 3.31. The zero-order chi connectivity index (χ0) is 17.5. The molecule has 2 aromatic rings. The predicted octanol–water partition coefficient (Wildman–Crippen LogP) is 3.05. The van der Waals surface area contributed by atoms with Gasteiger partial charge in [-0.3, -0.25) is 10.2 Å². The van der Waals surface area contributed by atoms with Crippen molar-refractivity contribution in [3.8, 4) is 0 Å². The third-order valence-electron chi connectivity index (χ3n) is 3.85. The minimum absolute atomic E-state index is 0.176. The standard InChI is InChI=1S/C16H19FN2S.CH4N2O/c1-18-15-14(17)8-7-13(11-5-6-11)16(15)19(2)10-12-4-3-9-20-12;2-3-1-4/h3-4,7-9,11,18H,5-6,10H2,1-2H3;1H,2H2,(H,3,4). The van der Waals surface area contributed by atoms with Crippen LogP contribution in [-0.2, 0) is 11.3 Å². The molecular weight excluding hydrogens is 327 g/mol. The van der Waals surface area contributed by atoms with Gasteiger partial charge in [0.05, 0.1) is 17.9 Å². The van der Waals surface area contributed by atoms with E-state index in [9.17, 15) is 4.39 Å². The number of anilines is 2. The third-order valence-corrected chi connectivity index (χ3v) is 4.71. The molecule has 1 amide bonds. The van der Waals surface area contributed by atoms with Gasteiger partial charge in [0.2, 0.25) is 6.41 Å². The molecule has 1 aliphatic carbocycles. The SMILES string of the molecule is CNc1c(F)ccc(C2CC2)c1N(C)Cc1cccs1.NNC=O. The molecule has 0 aliphatic heterocycles. The molecule has 0 saturated heterocycles. The van der Waals surface area contributed by atoms with Crippen molar-refractivity contribution in [2.75, 3.05) is 24.3 Å². The van der Waals surface area contributed by atoms with Gasteiger partial charge in [0.1, 0.15) is 5.82 Å². The van der Waals surface area contributed by atoms with Crippen LogP contribution in [0.3, 0.4) is 0 Å². The molecule has 0 spiro atoms. The minimum atomic E-state index is -0.176. The predicted molar refractivity (Wildman–Crippen MR) is 97.7 cm³/mol. The highest BCUT2D eigenvalue weighted by atomic mass is 32.1. The van der Waals surface area contributed by atoms with Crippen LogP contribution in [-0.4, -0.2) is 20.5 Å². The molecule has 3 rings (SSSR count). The summed E-state index contributed by atoms with van der Waals surface area (Å²) in [5, 5.41) is 5.11. The molecule has 5 nitrogen and oxygen atoms in total. The highest BCUT2D eigenvalue weighted by Gasteiger charge is 2.29. The van der Waals surface area contributed by atoms with E-state index in [2.05, 4.69) is 33.6 Å². The summed E-state index contributed by atoms with van der Waals surface area (Å²) in [6, 6.07) is 7.71. The van der Waals surface area contributed by atoms with Gasteiger partial charge in [0.15, 0.2) is 0 Å². The molecule has 0 atom stereocenters. The van der Waals surface area contributed by atoms with E-state index in [1.54, 1.807) is 29.9 Å². The number of hydrogen-bond donors (Lipinski definition) is 3. The van der Waals surface area contributed by atoms with Gasteiger partial charge < -0.3 is 10.2 Å². The topological polar surface area (TPSA) is 70.4 Å². The number of carbonyl (C=O) groups excluding carboxylic acids is 1. The Morgan fingerprint density at radius 2 is 2.12 bits per heavy atom. The molecular formula is C17H23FN4OS. The van der Waals surface area contributed by atoms with E-state index >= 15 is 0 Å². The smallest absolute Gasteiger partial charge is 0.221 e. The maximum absolute atomic E-state index is 14.1. The van der Waals surface area contributed by atoms with Gasteiger partial charge >= 0.3 is 0 Å². The molecule has 1 aliphatic rings. The van der Waals surface area contributed by atoms with Gasteiger partial charge in [-0.1, -0.05) is 12.1 Å². The van der Waals surface area contributed by atoms with Crippen molar-refractivity contribution in [1.29, 1.82) is 0 Å². The Labute approximate surface area is 145 Å². The van der Waals surface area contributed by atoms with Crippen molar-refractivity contribution in [2.45, 2.75) is 25.3 Å². The van der Waals surface area contributed by atoms with E-state index in [-0.39, 0.29) is 5.82 Å². The number of amides is 1. The molecule has 1 aromatic heterocycles. The molecule has 1 fully saturated rings. The van der Waals surface area contributed by atoms with Crippen LogP contribution < -0.4 is 21.5 Å². The summed E-state index contributed by atoms with van der Waals surface area (Å²) in [5.74, 6) is 4.83. The molecule has 0 radical (unpaired) electrons. The quantitative estimate of drug-likeness (QED) is 0.324. The first-order valence-electron chi connectivity index (χ1n) is 7.75. The zero-order valence-corrected chi connectivity index (χ0v) is 14.7. The second kappa shape index (κ2) is 8.65. The number of halogens is 1. The van der Waals surface area contributed by atoms with Gasteiger partial charge in [-0.2, -0.15) is 0 Å². The highest BCUT2D eigenvalue weighted by molar-refractivity contribution is 7.09. The number of carbonyl (C=O) groups is 1. The number of rotatable bonds is 6. The van der Waals surface area contributed by atoms with Crippen LogP contribution in [0.2, 0.25) is 0 Å². The molecule has 4 N–H and O–H groups in total. The molecule has 0 unspecified atom stereocenters. The summed E-state index contributed by atoms with van der Waals surface area (Å²) < 4.78 is 14.1. The van der Waals surface area contributed by atoms with E-state index < -0.39 is 0 Å². The van der Waals surface area contributed by atoms with Gasteiger partial charge in [-0.25, -0.2) is 10.2 Å². The van der Waals surface area contributed by atoms with E-state index in [0.717, 1.165) is 12.2 Å². The van der Waals surface area contributed by atoms with Gasteiger partial charge in [0, 0.05) is 19.0 Å². The number of hydrazine groups is 1.